The van der Waals surface area contributed by atoms with Crippen LogP contribution in [0.2, 0.25) is 0 Å². The van der Waals surface area contributed by atoms with Gasteiger partial charge in [0.25, 0.3) is 0 Å². The van der Waals surface area contributed by atoms with E-state index in [1.807, 2.05) is 13.8 Å². The van der Waals surface area contributed by atoms with Crippen molar-refractivity contribution in [3.05, 3.63) is 46.3 Å². The number of nitrogens with one attached hydrogen (secondary N) is 1. The predicted octanol–water partition coefficient (Wildman–Crippen LogP) is 4.75. The number of hydrogen-bond donors (Lipinski definition) is 1. The van der Waals surface area contributed by atoms with Gasteiger partial charge in [-0.3, -0.25) is 4.79 Å². The number of halogens is 1. The van der Waals surface area contributed by atoms with Gasteiger partial charge in [-0.2, -0.15) is 0 Å². The van der Waals surface area contributed by atoms with Crippen molar-refractivity contribution >= 4 is 44.9 Å². The van der Waals surface area contributed by atoms with Crippen LogP contribution < -0.4 is 5.32 Å². The Labute approximate surface area is 159 Å². The van der Waals surface area contributed by atoms with E-state index < -0.39 is 0 Å². The Bertz CT molecular complexity index is 985. The van der Waals surface area contributed by atoms with Crippen LogP contribution >= 0.6 is 23.1 Å². The number of aromatic nitrogens is 2. The molecular formula is C19H18FN3OS2. The number of rotatable bonds is 4. The van der Waals surface area contributed by atoms with Gasteiger partial charge in [-0.15, -0.1) is 11.3 Å². The van der Waals surface area contributed by atoms with Crippen LogP contribution in [-0.4, -0.2) is 21.1 Å². The molecular weight excluding hydrogens is 369 g/mol. The number of anilines is 1. The highest BCUT2D eigenvalue weighted by molar-refractivity contribution is 8.00. The minimum Gasteiger partial charge on any atom is -0.325 e. The highest BCUT2D eigenvalue weighted by atomic mass is 32.2. The van der Waals surface area contributed by atoms with E-state index in [1.165, 1.54) is 40.8 Å². The van der Waals surface area contributed by atoms with Crippen LogP contribution in [0.3, 0.4) is 0 Å². The SMILES string of the molecule is Cc1nc(S[C@H](C)C(=O)Nc2ccc(F)cc2)c2c3c(sc2n1)CCC3. The summed E-state index contributed by atoms with van der Waals surface area (Å²) < 4.78 is 13.0. The van der Waals surface area contributed by atoms with E-state index in [4.69, 9.17) is 0 Å². The molecule has 4 nitrogen and oxygen atoms in total. The Balaban J connectivity index is 1.58. The van der Waals surface area contributed by atoms with E-state index >= 15 is 0 Å². The van der Waals surface area contributed by atoms with Crippen LogP contribution in [0.1, 0.15) is 29.6 Å². The Morgan fingerprint density at radius 1 is 1.27 bits per heavy atom. The van der Waals surface area contributed by atoms with Gasteiger partial charge in [-0.1, -0.05) is 11.8 Å². The first-order valence-electron chi connectivity index (χ1n) is 8.53. The maximum atomic E-state index is 13.0. The first-order chi connectivity index (χ1) is 12.5. The quantitative estimate of drug-likeness (QED) is 0.519. The lowest BCUT2D eigenvalue weighted by molar-refractivity contribution is -0.115. The summed E-state index contributed by atoms with van der Waals surface area (Å²) in [4.78, 5) is 24.2. The molecule has 1 N–H and O–H groups in total. The normalized spacial score (nSPS) is 14.4. The van der Waals surface area contributed by atoms with Crippen molar-refractivity contribution in [2.24, 2.45) is 0 Å². The number of thioether (sulfide) groups is 1. The monoisotopic (exact) mass is 387 g/mol. The number of fused-ring (bicyclic) bond motifs is 3. The maximum absolute atomic E-state index is 13.0. The van der Waals surface area contributed by atoms with Crippen LogP contribution in [0.5, 0.6) is 0 Å². The summed E-state index contributed by atoms with van der Waals surface area (Å²) in [6, 6.07) is 5.78. The molecule has 3 aromatic rings. The highest BCUT2D eigenvalue weighted by Crippen LogP contribution is 2.41. The molecule has 1 aliphatic rings. The van der Waals surface area contributed by atoms with Gasteiger partial charge in [0.05, 0.1) is 5.25 Å². The summed E-state index contributed by atoms with van der Waals surface area (Å²) >= 11 is 3.21. The number of carbonyl (C=O) groups is 1. The first-order valence-corrected chi connectivity index (χ1v) is 10.2. The van der Waals surface area contributed by atoms with Crippen LogP contribution in [0.4, 0.5) is 10.1 Å². The number of aryl methyl sites for hydroxylation is 3. The van der Waals surface area contributed by atoms with Crippen molar-refractivity contribution in [1.29, 1.82) is 0 Å². The molecule has 2 aromatic heterocycles. The number of carbonyl (C=O) groups excluding carboxylic acids is 1. The third-order valence-corrected chi connectivity index (χ3v) is 6.68. The average molecular weight is 388 g/mol. The molecule has 134 valence electrons. The molecule has 1 amide bonds. The predicted molar refractivity (Wildman–Crippen MR) is 105 cm³/mol. The molecule has 1 aromatic carbocycles. The number of thiophene rings is 1. The summed E-state index contributed by atoms with van der Waals surface area (Å²) in [5.41, 5.74) is 1.95. The number of amides is 1. The van der Waals surface area contributed by atoms with Crippen molar-refractivity contribution in [2.45, 2.75) is 43.4 Å². The fourth-order valence-corrected chi connectivity index (χ4v) is 5.54. The number of hydrogen-bond acceptors (Lipinski definition) is 5. The van der Waals surface area contributed by atoms with Crippen LogP contribution in [0.15, 0.2) is 29.3 Å². The smallest absolute Gasteiger partial charge is 0.237 e. The van der Waals surface area contributed by atoms with Gasteiger partial charge in [-0.25, -0.2) is 14.4 Å². The van der Waals surface area contributed by atoms with E-state index in [1.54, 1.807) is 23.5 Å². The third-order valence-electron chi connectivity index (χ3n) is 4.41. The highest BCUT2D eigenvalue weighted by Gasteiger charge is 2.24. The average Bonchev–Trinajstić information content (AvgIpc) is 3.17. The van der Waals surface area contributed by atoms with Crippen molar-refractivity contribution in [3.63, 3.8) is 0 Å². The standard InChI is InChI=1S/C19H18FN3OS2/c1-10(17(24)23-13-8-6-12(20)7-9-13)25-18-16-14-4-3-5-15(14)26-19(16)22-11(2)21-18/h6-10H,3-5H2,1-2H3,(H,23,24)/t10-/m1/s1. The molecule has 2 heterocycles. The minimum absolute atomic E-state index is 0.127. The second kappa shape index (κ2) is 6.96. The Kier molecular flexibility index (Phi) is 4.67. The molecule has 0 fully saturated rings. The molecule has 0 spiro atoms. The van der Waals surface area contributed by atoms with Gasteiger partial charge in [0.2, 0.25) is 5.91 Å². The maximum Gasteiger partial charge on any atom is 0.237 e. The van der Waals surface area contributed by atoms with Crippen molar-refractivity contribution in [2.75, 3.05) is 5.32 Å². The van der Waals surface area contributed by atoms with Gasteiger partial charge in [0.1, 0.15) is 21.5 Å². The molecule has 0 saturated carbocycles. The van der Waals surface area contributed by atoms with Gasteiger partial charge in [0, 0.05) is 16.0 Å². The molecule has 26 heavy (non-hydrogen) atoms. The van der Waals surface area contributed by atoms with Gasteiger partial charge < -0.3 is 5.32 Å². The summed E-state index contributed by atoms with van der Waals surface area (Å²) in [5.74, 6) is 0.277. The molecule has 7 heteroatoms. The van der Waals surface area contributed by atoms with E-state index in [9.17, 15) is 9.18 Å². The third kappa shape index (κ3) is 3.33. The lowest BCUT2D eigenvalue weighted by atomic mass is 10.2. The molecule has 1 aliphatic carbocycles. The fraction of sp³-hybridized carbons (Fsp3) is 0.316. The van der Waals surface area contributed by atoms with Crippen molar-refractivity contribution in [3.8, 4) is 0 Å². The van der Waals surface area contributed by atoms with Gasteiger partial charge in [-0.05, 0) is 62.9 Å². The van der Waals surface area contributed by atoms with Gasteiger partial charge in [0.15, 0.2) is 0 Å². The number of nitrogens with zero attached hydrogens (tertiary/aromatic N) is 2. The van der Waals surface area contributed by atoms with E-state index in [0.29, 0.717) is 5.69 Å². The zero-order valence-corrected chi connectivity index (χ0v) is 16.1. The van der Waals surface area contributed by atoms with Crippen LogP contribution in [0.25, 0.3) is 10.2 Å². The summed E-state index contributed by atoms with van der Waals surface area (Å²) in [5, 5.41) is 4.51. The van der Waals surface area contributed by atoms with Crippen LogP contribution in [0, 0.1) is 12.7 Å². The Morgan fingerprint density at radius 3 is 2.81 bits per heavy atom. The minimum atomic E-state index is -0.325. The lowest BCUT2D eigenvalue weighted by Gasteiger charge is -2.13. The fourth-order valence-electron chi connectivity index (χ4n) is 3.15. The molecule has 0 bridgehead atoms. The summed E-state index contributed by atoms with van der Waals surface area (Å²) in [7, 11) is 0. The molecule has 1 atom stereocenters. The second-order valence-corrected chi connectivity index (χ2v) is 8.78. The van der Waals surface area contributed by atoms with Gasteiger partial charge >= 0.3 is 0 Å². The zero-order valence-electron chi connectivity index (χ0n) is 14.5. The molecule has 0 radical (unpaired) electrons. The van der Waals surface area contributed by atoms with Crippen molar-refractivity contribution < 1.29 is 9.18 Å². The Hall–Kier alpha value is -1.99. The second-order valence-electron chi connectivity index (χ2n) is 6.37. The summed E-state index contributed by atoms with van der Waals surface area (Å²) in [6.45, 7) is 3.75. The zero-order chi connectivity index (χ0) is 18.3. The van der Waals surface area contributed by atoms with Crippen LogP contribution in [-0.2, 0) is 17.6 Å². The largest absolute Gasteiger partial charge is 0.325 e. The lowest BCUT2D eigenvalue weighted by Crippen LogP contribution is -2.22. The summed E-state index contributed by atoms with van der Waals surface area (Å²) in [6.07, 6.45) is 3.35. The molecule has 4 rings (SSSR count). The van der Waals surface area contributed by atoms with E-state index in [0.717, 1.165) is 33.9 Å². The molecule has 0 saturated heterocycles. The Morgan fingerprint density at radius 2 is 2.04 bits per heavy atom. The van der Waals surface area contributed by atoms with Crippen molar-refractivity contribution in [1.82, 2.24) is 9.97 Å². The van der Waals surface area contributed by atoms with E-state index in [2.05, 4.69) is 15.3 Å². The number of benzene rings is 1. The molecule has 0 aliphatic heterocycles. The first kappa shape index (κ1) is 17.4. The topological polar surface area (TPSA) is 54.9 Å². The molecule has 0 unspecified atom stereocenters. The van der Waals surface area contributed by atoms with E-state index in [-0.39, 0.29) is 17.0 Å².